The van der Waals surface area contributed by atoms with Gasteiger partial charge in [-0.2, -0.15) is 5.10 Å². The van der Waals surface area contributed by atoms with Crippen LogP contribution in [0.2, 0.25) is 0 Å². The second-order valence-electron chi connectivity index (χ2n) is 5.64. The minimum Gasteiger partial charge on any atom is -0.396 e. The largest absolute Gasteiger partial charge is 0.396 e. The van der Waals surface area contributed by atoms with E-state index in [2.05, 4.69) is 23.2 Å². The van der Waals surface area contributed by atoms with Crippen molar-refractivity contribution in [2.24, 2.45) is 0 Å². The molecule has 23 heavy (non-hydrogen) atoms. The summed E-state index contributed by atoms with van der Waals surface area (Å²) in [7, 11) is 0. The van der Waals surface area contributed by atoms with Gasteiger partial charge in [0.15, 0.2) is 0 Å². The summed E-state index contributed by atoms with van der Waals surface area (Å²) in [4.78, 5) is 12.9. The fraction of sp³-hybridized carbons (Fsp3) is 0.412. The molecule has 2 aromatic heterocycles. The highest BCUT2D eigenvalue weighted by atomic mass is 16.3. The predicted octanol–water partition coefficient (Wildman–Crippen LogP) is 1.36. The van der Waals surface area contributed by atoms with Crippen LogP contribution in [-0.2, 0) is 19.4 Å². The Morgan fingerprint density at radius 2 is 2.09 bits per heavy atom. The van der Waals surface area contributed by atoms with Gasteiger partial charge in [-0.15, -0.1) is 0 Å². The third-order valence-corrected chi connectivity index (χ3v) is 4.22. The molecule has 2 heterocycles. The normalized spacial score (nSPS) is 11.6. The van der Waals surface area contributed by atoms with E-state index < -0.39 is 0 Å². The zero-order chi connectivity index (χ0) is 16.4. The van der Waals surface area contributed by atoms with Crippen molar-refractivity contribution < 1.29 is 10.2 Å². The van der Waals surface area contributed by atoms with E-state index in [1.807, 2.05) is 12.1 Å². The number of aliphatic hydroxyl groups is 2. The molecule has 3 aromatic rings. The van der Waals surface area contributed by atoms with Crippen molar-refractivity contribution in [3.8, 4) is 0 Å². The topological polar surface area (TPSA) is 91.1 Å². The molecule has 0 fully saturated rings. The van der Waals surface area contributed by atoms with Gasteiger partial charge in [0.1, 0.15) is 5.52 Å². The molecule has 0 atom stereocenters. The highest BCUT2D eigenvalue weighted by Gasteiger charge is 2.17. The van der Waals surface area contributed by atoms with Crippen molar-refractivity contribution in [2.75, 3.05) is 13.2 Å². The summed E-state index contributed by atoms with van der Waals surface area (Å²) >= 11 is 0. The minimum absolute atomic E-state index is 0.0356. The van der Waals surface area contributed by atoms with E-state index in [0.29, 0.717) is 36.0 Å². The van der Waals surface area contributed by atoms with Gasteiger partial charge >= 0.3 is 0 Å². The van der Waals surface area contributed by atoms with Crippen molar-refractivity contribution in [3.63, 3.8) is 0 Å². The van der Waals surface area contributed by atoms with Gasteiger partial charge in [-0.25, -0.2) is 0 Å². The molecule has 0 saturated carbocycles. The average Bonchev–Trinajstić information content (AvgIpc) is 2.99. The lowest BCUT2D eigenvalue weighted by molar-refractivity contribution is 0.280. The van der Waals surface area contributed by atoms with E-state index in [4.69, 9.17) is 5.11 Å². The molecule has 0 aliphatic carbocycles. The number of hydrogen-bond acceptors (Lipinski definition) is 4. The van der Waals surface area contributed by atoms with Crippen LogP contribution in [0.3, 0.4) is 0 Å². The lowest BCUT2D eigenvalue weighted by atomic mass is 10.1. The van der Waals surface area contributed by atoms with E-state index in [-0.39, 0.29) is 18.8 Å². The van der Waals surface area contributed by atoms with Crippen molar-refractivity contribution in [1.29, 1.82) is 0 Å². The number of benzene rings is 1. The number of aromatic nitrogens is 3. The molecule has 122 valence electrons. The zero-order valence-corrected chi connectivity index (χ0v) is 13.2. The Morgan fingerprint density at radius 3 is 2.78 bits per heavy atom. The third kappa shape index (κ3) is 2.64. The Kier molecular flexibility index (Phi) is 4.45. The van der Waals surface area contributed by atoms with Crippen molar-refractivity contribution in [2.45, 2.75) is 32.7 Å². The smallest absolute Gasteiger partial charge is 0.262 e. The molecule has 3 rings (SSSR count). The van der Waals surface area contributed by atoms with Gasteiger partial charge in [0.25, 0.3) is 5.56 Å². The summed E-state index contributed by atoms with van der Waals surface area (Å²) in [5.74, 6) is 0. The number of H-pyrrole nitrogens is 1. The van der Waals surface area contributed by atoms with Gasteiger partial charge in [0, 0.05) is 31.6 Å². The molecule has 0 radical (unpaired) electrons. The van der Waals surface area contributed by atoms with E-state index in [1.165, 1.54) is 5.56 Å². The van der Waals surface area contributed by atoms with Gasteiger partial charge in [-0.3, -0.25) is 9.89 Å². The summed E-state index contributed by atoms with van der Waals surface area (Å²) in [6.07, 6.45) is 1.79. The maximum Gasteiger partial charge on any atom is 0.262 e. The molecule has 0 unspecified atom stereocenters. The Bertz CT molecular complexity index is 895. The van der Waals surface area contributed by atoms with E-state index in [1.54, 1.807) is 4.57 Å². The molecule has 0 saturated heterocycles. The molecule has 0 spiro atoms. The molecule has 6 nitrogen and oxygen atoms in total. The number of hydrogen-bond donors (Lipinski definition) is 3. The van der Waals surface area contributed by atoms with E-state index in [9.17, 15) is 9.90 Å². The predicted molar refractivity (Wildman–Crippen MR) is 89.7 cm³/mol. The number of fused-ring (bicyclic) bond motifs is 3. The number of aliphatic hydroxyl groups excluding tert-OH is 2. The number of aryl methyl sites for hydroxylation is 2. The highest BCUT2D eigenvalue weighted by molar-refractivity contribution is 6.04. The average molecular weight is 315 g/mol. The molecule has 0 amide bonds. The van der Waals surface area contributed by atoms with Crippen LogP contribution in [-0.4, -0.2) is 38.2 Å². The molecule has 0 aliphatic rings. The minimum atomic E-state index is -0.123. The van der Waals surface area contributed by atoms with Gasteiger partial charge in [0.05, 0.1) is 16.6 Å². The molecule has 1 aromatic carbocycles. The Labute approximate surface area is 133 Å². The van der Waals surface area contributed by atoms with Crippen LogP contribution >= 0.6 is 0 Å². The van der Waals surface area contributed by atoms with E-state index in [0.717, 1.165) is 17.3 Å². The Balaban J connectivity index is 2.38. The summed E-state index contributed by atoms with van der Waals surface area (Å²) in [6, 6.07) is 6.03. The lowest BCUT2D eigenvalue weighted by Crippen LogP contribution is -2.22. The molecule has 6 heteroatoms. The first-order valence-electron chi connectivity index (χ1n) is 7.95. The van der Waals surface area contributed by atoms with Gasteiger partial charge in [0.2, 0.25) is 0 Å². The van der Waals surface area contributed by atoms with Crippen LogP contribution in [0.4, 0.5) is 0 Å². The van der Waals surface area contributed by atoms with Crippen LogP contribution in [0.25, 0.3) is 21.8 Å². The SMILES string of the molecule is CCc1ccc2c(c1)c1n[nH]c(CCO)c1c(=O)n2CCCO. The van der Waals surface area contributed by atoms with Gasteiger partial charge in [-0.1, -0.05) is 13.0 Å². The molecular formula is C17H21N3O3. The summed E-state index contributed by atoms with van der Waals surface area (Å²) < 4.78 is 1.70. The fourth-order valence-electron chi connectivity index (χ4n) is 3.02. The quantitative estimate of drug-likeness (QED) is 0.640. The van der Waals surface area contributed by atoms with Crippen LogP contribution in [0.15, 0.2) is 23.0 Å². The van der Waals surface area contributed by atoms with Crippen molar-refractivity contribution in [3.05, 3.63) is 39.8 Å². The van der Waals surface area contributed by atoms with E-state index >= 15 is 0 Å². The second kappa shape index (κ2) is 6.52. The zero-order valence-electron chi connectivity index (χ0n) is 13.2. The summed E-state index contributed by atoms with van der Waals surface area (Å²) in [5.41, 5.74) is 3.20. The summed E-state index contributed by atoms with van der Waals surface area (Å²) in [5, 5.41) is 27.0. The summed E-state index contributed by atoms with van der Waals surface area (Å²) in [6.45, 7) is 2.53. The second-order valence-corrected chi connectivity index (χ2v) is 5.64. The number of rotatable bonds is 6. The Hall–Kier alpha value is -2.18. The van der Waals surface area contributed by atoms with Gasteiger partial charge in [-0.05, 0) is 30.5 Å². The fourth-order valence-corrected chi connectivity index (χ4v) is 3.02. The molecular weight excluding hydrogens is 294 g/mol. The van der Waals surface area contributed by atoms with Crippen molar-refractivity contribution >= 4 is 21.8 Å². The van der Waals surface area contributed by atoms with Crippen molar-refractivity contribution in [1.82, 2.24) is 14.8 Å². The molecule has 0 aliphatic heterocycles. The number of pyridine rings is 1. The number of nitrogens with zero attached hydrogens (tertiary/aromatic N) is 2. The van der Waals surface area contributed by atoms with Crippen LogP contribution in [0.5, 0.6) is 0 Å². The first kappa shape index (κ1) is 15.7. The lowest BCUT2D eigenvalue weighted by Gasteiger charge is -2.12. The standard InChI is InChI=1S/C17H21N3O3/c1-2-11-4-5-14-12(10-11)16-15(13(6-9-22)18-19-16)17(23)20(14)7-3-8-21/h4-5,10,21-22H,2-3,6-9H2,1H3,(H,18,19). The van der Waals surface area contributed by atoms with Crippen LogP contribution in [0.1, 0.15) is 24.6 Å². The first-order chi connectivity index (χ1) is 11.2. The first-order valence-corrected chi connectivity index (χ1v) is 7.95. The monoisotopic (exact) mass is 315 g/mol. The third-order valence-electron chi connectivity index (χ3n) is 4.22. The molecule has 3 N–H and O–H groups in total. The highest BCUT2D eigenvalue weighted by Crippen LogP contribution is 2.25. The maximum absolute atomic E-state index is 12.9. The van der Waals surface area contributed by atoms with Crippen LogP contribution in [0, 0.1) is 0 Å². The maximum atomic E-state index is 12.9. The van der Waals surface area contributed by atoms with Gasteiger partial charge < -0.3 is 14.8 Å². The molecule has 0 bridgehead atoms. The Morgan fingerprint density at radius 1 is 1.26 bits per heavy atom. The number of aromatic amines is 1. The number of nitrogens with one attached hydrogen (secondary N) is 1. The van der Waals surface area contributed by atoms with Crippen LogP contribution < -0.4 is 5.56 Å².